The molecule has 2 aromatic carbocycles. The summed E-state index contributed by atoms with van der Waals surface area (Å²) >= 11 is 0. The number of guanidine groups is 1. The van der Waals surface area contributed by atoms with Gasteiger partial charge in [-0.2, -0.15) is 0 Å². The Morgan fingerprint density at radius 2 is 0.918 bits per heavy atom. The van der Waals surface area contributed by atoms with Gasteiger partial charge in [0.25, 0.3) is 0 Å². The van der Waals surface area contributed by atoms with Crippen molar-refractivity contribution in [2.45, 2.75) is 225 Å². The highest BCUT2D eigenvalue weighted by atomic mass is 16.4. The van der Waals surface area contributed by atoms with Crippen molar-refractivity contribution in [1.29, 1.82) is 0 Å². The molecule has 610 valence electrons. The number of hydrogen-bond acceptors (Lipinski definition) is 19. The quantitative estimate of drug-likeness (QED) is 0.0147. The molecular formula is C73H117N21O16. The van der Waals surface area contributed by atoms with Crippen LogP contribution in [0, 0.1) is 17.8 Å². The first-order valence-electron chi connectivity index (χ1n) is 37.2. The molecule has 0 aliphatic rings. The van der Waals surface area contributed by atoms with Crippen LogP contribution in [0.4, 0.5) is 0 Å². The number of para-hydroxylation sites is 1. The lowest BCUT2D eigenvalue weighted by Gasteiger charge is -2.30. The van der Waals surface area contributed by atoms with Crippen LogP contribution in [0.1, 0.15) is 150 Å². The number of carbonyl (C=O) groups excluding carboxylic acids is 14. The zero-order chi connectivity index (χ0) is 82.3. The number of nitrogens with one attached hydrogen (secondary N) is 14. The van der Waals surface area contributed by atoms with Crippen LogP contribution in [-0.4, -0.2) is 210 Å². The zero-order valence-electron chi connectivity index (χ0n) is 64.4. The number of H-pyrrole nitrogens is 1. The fourth-order valence-electron chi connectivity index (χ4n) is 11.4. The molecule has 0 saturated carbocycles. The molecule has 0 radical (unpaired) electrons. The van der Waals surface area contributed by atoms with E-state index in [9.17, 15) is 77.0 Å². The second-order valence-corrected chi connectivity index (χ2v) is 28.1. The van der Waals surface area contributed by atoms with Gasteiger partial charge in [0.05, 0.1) is 19.1 Å². The van der Waals surface area contributed by atoms with Crippen LogP contribution in [0.15, 0.2) is 65.8 Å². The third-order valence-corrected chi connectivity index (χ3v) is 17.8. The second kappa shape index (κ2) is 48.6. The van der Waals surface area contributed by atoms with E-state index in [1.807, 2.05) is 0 Å². The van der Waals surface area contributed by atoms with Crippen molar-refractivity contribution >= 4 is 106 Å². The number of primary amides is 1. The van der Waals surface area contributed by atoms with E-state index < -0.39 is 199 Å². The summed E-state index contributed by atoms with van der Waals surface area (Å²) in [5, 5.41) is 44.3. The van der Waals surface area contributed by atoms with E-state index >= 15 is 0 Å². The average Bonchev–Trinajstić information content (AvgIpc) is 1.75. The van der Waals surface area contributed by atoms with Gasteiger partial charge in [-0.05, 0) is 133 Å². The number of fused-ring (bicyclic) bond motifs is 1. The molecule has 37 nitrogen and oxygen atoms in total. The van der Waals surface area contributed by atoms with Crippen LogP contribution in [0.5, 0.6) is 0 Å². The van der Waals surface area contributed by atoms with E-state index in [1.54, 1.807) is 102 Å². The number of nitrogens with zero attached hydrogens (tertiary/aromatic N) is 1. The Morgan fingerprint density at radius 1 is 0.464 bits per heavy atom. The Morgan fingerprint density at radius 3 is 1.47 bits per heavy atom. The van der Waals surface area contributed by atoms with E-state index in [0.717, 1.165) is 0 Å². The molecule has 0 aliphatic carbocycles. The fraction of sp³-hybridized carbons (Fsp3) is 0.589. The molecule has 0 aliphatic heterocycles. The molecule has 27 N–H and O–H groups in total. The molecule has 0 saturated heterocycles. The standard InChI is InChI=1S/C73H117N21O16/c1-10-41(6)60(94-70(108)54(34-45-21-12-11-13-22-45)92-67(105)52(28-29-58(97)98)88-66(104)51(26-17-19-31-75)87-62(100)43(8)84-61(99)42(7)76)72(110)85-44(9)63(101)90-55(35-46-36-81-48-24-15-14-23-47(46)48)68(106)91-53(33-39(2)3)69(107)93-59(40(4)5)71(109)89-50(25-16-18-30-74)65(103)83-38-57(96)86-49(27-20-32-80-73(78)79)64(102)82-37-56(77)95/h11-15,21-24,36,39-44,49-55,59-60,81H,10,16-20,25-35,37-38,74-76H2,1-9H3,(H2,77,95)(H,82,102)(H,83,103)(H,84,99)(H,85,110)(H,86,96)(H,87,100)(H,88,104)(H,89,109)(H,90,101)(H,91,106)(H,92,105)(H,93,107)(H,94,108)(H,97,98)(H4,78,79,80)/t41-,42-,43-,44-,49-,50-,51-,52-,53-,54-,55-,59-,60-/m0/s1. The number of aliphatic carboxylic acids is 1. The molecule has 0 fully saturated rings. The molecule has 0 bridgehead atoms. The van der Waals surface area contributed by atoms with Gasteiger partial charge in [-0.15, -0.1) is 0 Å². The van der Waals surface area contributed by atoms with Crippen molar-refractivity contribution < 1.29 is 77.0 Å². The van der Waals surface area contributed by atoms with Crippen molar-refractivity contribution in [3.8, 4) is 0 Å². The topological polar surface area (TPSA) is 617 Å². The van der Waals surface area contributed by atoms with E-state index in [2.05, 4.69) is 79.1 Å². The molecule has 13 atom stereocenters. The van der Waals surface area contributed by atoms with Gasteiger partial charge in [0.15, 0.2) is 5.96 Å². The van der Waals surface area contributed by atoms with Gasteiger partial charge in [0, 0.05) is 42.9 Å². The first-order chi connectivity index (χ1) is 52.0. The summed E-state index contributed by atoms with van der Waals surface area (Å²) in [6, 6.07) is -0.368. The molecule has 1 heterocycles. The summed E-state index contributed by atoms with van der Waals surface area (Å²) in [7, 11) is 0. The van der Waals surface area contributed by atoms with Crippen LogP contribution >= 0.6 is 0 Å². The summed E-state index contributed by atoms with van der Waals surface area (Å²) in [6.07, 6.45) is 2.35. The van der Waals surface area contributed by atoms with E-state index in [0.29, 0.717) is 47.7 Å². The predicted molar refractivity (Wildman–Crippen MR) is 410 cm³/mol. The molecule has 3 aromatic rings. The minimum Gasteiger partial charge on any atom is -0.481 e. The maximum absolute atomic E-state index is 14.9. The number of aromatic nitrogens is 1. The molecule has 14 amide bonds. The summed E-state index contributed by atoms with van der Waals surface area (Å²) in [5.74, 6) is -14.6. The Kier molecular flexibility index (Phi) is 41.2. The van der Waals surface area contributed by atoms with Crippen LogP contribution in [-0.2, 0) is 84.8 Å². The number of carboxylic acid groups (broad SMARTS) is 1. The van der Waals surface area contributed by atoms with E-state index in [1.165, 1.54) is 20.8 Å². The van der Waals surface area contributed by atoms with Gasteiger partial charge in [-0.1, -0.05) is 96.5 Å². The first-order valence-corrected chi connectivity index (χ1v) is 37.2. The number of rotatable bonds is 51. The number of unbranched alkanes of at least 4 members (excludes halogenated alkanes) is 2. The Balaban J connectivity index is 1.94. The van der Waals surface area contributed by atoms with Gasteiger partial charge in [-0.25, -0.2) is 0 Å². The van der Waals surface area contributed by atoms with Crippen LogP contribution in [0.25, 0.3) is 10.9 Å². The van der Waals surface area contributed by atoms with Crippen LogP contribution in [0.3, 0.4) is 0 Å². The molecule has 110 heavy (non-hydrogen) atoms. The molecule has 1 aromatic heterocycles. The number of hydrogen-bond donors (Lipinski definition) is 21. The number of amides is 14. The first kappa shape index (κ1) is 93.4. The zero-order valence-corrected chi connectivity index (χ0v) is 64.4. The number of carbonyl (C=O) groups is 15. The molecule has 0 unspecified atom stereocenters. The molecule has 37 heteroatoms. The highest BCUT2D eigenvalue weighted by Gasteiger charge is 2.38. The minimum absolute atomic E-state index is 0.0113. The number of benzene rings is 2. The van der Waals surface area contributed by atoms with Gasteiger partial charge >= 0.3 is 5.97 Å². The van der Waals surface area contributed by atoms with Gasteiger partial charge in [-0.3, -0.25) is 76.9 Å². The summed E-state index contributed by atoms with van der Waals surface area (Å²) in [6.45, 7) is 13.8. The van der Waals surface area contributed by atoms with E-state index in [-0.39, 0.29) is 82.9 Å². The third kappa shape index (κ3) is 33.8. The Hall–Kier alpha value is -10.8. The van der Waals surface area contributed by atoms with Crippen molar-refractivity contribution in [3.05, 3.63) is 71.9 Å². The Labute approximate surface area is 640 Å². The number of aromatic amines is 1. The van der Waals surface area contributed by atoms with Gasteiger partial charge in [0.2, 0.25) is 82.7 Å². The largest absolute Gasteiger partial charge is 0.481 e. The third-order valence-electron chi connectivity index (χ3n) is 17.8. The van der Waals surface area contributed by atoms with Crippen LogP contribution in [0.2, 0.25) is 0 Å². The lowest BCUT2D eigenvalue weighted by Crippen LogP contribution is -2.61. The smallest absolute Gasteiger partial charge is 0.303 e. The normalized spacial score (nSPS) is 14.7. The van der Waals surface area contributed by atoms with E-state index in [4.69, 9.17) is 34.4 Å². The van der Waals surface area contributed by atoms with Crippen molar-refractivity contribution in [1.82, 2.24) is 74.1 Å². The number of carboxylic acids is 1. The number of nitrogens with two attached hydrogens (primary N) is 6. The molecule has 0 spiro atoms. The maximum Gasteiger partial charge on any atom is 0.303 e. The minimum atomic E-state index is -1.61. The van der Waals surface area contributed by atoms with Crippen LogP contribution < -0.4 is 104 Å². The lowest BCUT2D eigenvalue weighted by atomic mass is 9.96. The molecular weight excluding hydrogens is 1430 g/mol. The lowest BCUT2D eigenvalue weighted by molar-refractivity contribution is -0.139. The van der Waals surface area contributed by atoms with Crippen molar-refractivity contribution in [2.24, 2.45) is 57.1 Å². The number of aliphatic imine (C=N–C) groups is 1. The Bertz CT molecular complexity index is 3610. The van der Waals surface area contributed by atoms with Gasteiger partial charge in [0.1, 0.15) is 66.5 Å². The SMILES string of the molecule is CC[C@H](C)[C@H](NC(=O)[C@H](Cc1ccccc1)NC(=O)[C@H](CCC(=O)O)NC(=O)[C@H](CCCCN)NC(=O)[C@H](C)NC(=O)[C@H](C)N)C(=O)N[C@@H](C)C(=O)N[C@@H](Cc1c[nH]c2ccccc12)C(=O)N[C@@H](CC(C)C)C(=O)N[C@H](C(=O)N[C@@H](CCCCN)C(=O)NCC(=O)N[C@@H](CCCN=C(N)N)C(=O)NCC(N)=O)C(C)C. The van der Waals surface area contributed by atoms with Gasteiger partial charge < -0.3 is 114 Å². The van der Waals surface area contributed by atoms with Crippen molar-refractivity contribution in [3.63, 3.8) is 0 Å². The maximum atomic E-state index is 14.9. The summed E-state index contributed by atoms with van der Waals surface area (Å²) in [4.78, 5) is 212. The fourth-order valence-corrected chi connectivity index (χ4v) is 11.4. The highest BCUT2D eigenvalue weighted by molar-refractivity contribution is 6.00. The summed E-state index contributed by atoms with van der Waals surface area (Å²) < 4.78 is 0. The monoisotopic (exact) mass is 1540 g/mol. The predicted octanol–water partition coefficient (Wildman–Crippen LogP) is -3.68. The highest BCUT2D eigenvalue weighted by Crippen LogP contribution is 2.21. The molecule has 3 rings (SSSR count). The van der Waals surface area contributed by atoms with Crippen molar-refractivity contribution in [2.75, 3.05) is 32.7 Å². The summed E-state index contributed by atoms with van der Waals surface area (Å²) in [5.41, 5.74) is 35.0. The second-order valence-electron chi connectivity index (χ2n) is 28.1. The average molecular weight is 1540 g/mol.